The van der Waals surface area contributed by atoms with Crippen LogP contribution in [-0.4, -0.2) is 25.2 Å². The molecule has 4 aromatic rings. The number of anilines is 1. The summed E-state index contributed by atoms with van der Waals surface area (Å²) in [6, 6.07) is 35.6. The highest BCUT2D eigenvalue weighted by Gasteiger charge is 2.47. The number of hydrogen-bond acceptors (Lipinski definition) is 3. The summed E-state index contributed by atoms with van der Waals surface area (Å²) in [6.45, 7) is 0.512. The molecule has 1 saturated heterocycles. The average molecular weight is 465 g/mol. The van der Waals surface area contributed by atoms with Gasteiger partial charge in [0.1, 0.15) is 11.5 Å². The van der Waals surface area contributed by atoms with E-state index in [0.29, 0.717) is 6.54 Å². The van der Waals surface area contributed by atoms with Gasteiger partial charge in [-0.05, 0) is 53.1 Å². The molecule has 0 spiro atoms. The molecule has 0 radical (unpaired) electrons. The summed E-state index contributed by atoms with van der Waals surface area (Å²) >= 11 is 0. The first kappa shape index (κ1) is 22.5. The van der Waals surface area contributed by atoms with Gasteiger partial charge in [-0.15, -0.1) is 0 Å². The number of methoxy groups -OCH3 is 2. The van der Waals surface area contributed by atoms with Gasteiger partial charge in [0.05, 0.1) is 26.3 Å². The van der Waals surface area contributed by atoms with E-state index in [0.717, 1.165) is 33.9 Å². The van der Waals surface area contributed by atoms with Gasteiger partial charge in [0.2, 0.25) is 0 Å². The largest absolute Gasteiger partial charge is 0.497 e. The van der Waals surface area contributed by atoms with Crippen molar-refractivity contribution in [2.45, 2.75) is 18.6 Å². The molecule has 1 heterocycles. The fraction of sp³-hybridized carbons (Fsp3) is 0.167. The number of ether oxygens (including phenoxy) is 2. The molecule has 0 saturated carbocycles. The maximum Gasteiger partial charge on any atom is 0.326 e. The quantitative estimate of drug-likeness (QED) is 0.308. The number of rotatable bonds is 7. The second-order valence-electron chi connectivity index (χ2n) is 8.54. The number of urea groups is 1. The lowest BCUT2D eigenvalue weighted by Gasteiger charge is -2.29. The first-order valence-electron chi connectivity index (χ1n) is 11.7. The molecule has 4 aromatic carbocycles. The monoisotopic (exact) mass is 464 g/mol. The van der Waals surface area contributed by atoms with Crippen molar-refractivity contribution in [2.75, 3.05) is 19.1 Å². The standard InChI is InChI=1S/C30H28N2O3/c1-34-26-17-13-24(14-18-26)29-28(23-11-7-4-8-12-23)31(21-22-9-5-3-6-10-22)30(33)32(29)25-15-19-27(35-2)20-16-25/h3-20,28-29H,21H2,1-2H3/t28-,29-/m0/s1. The van der Waals surface area contributed by atoms with Crippen molar-refractivity contribution in [3.05, 3.63) is 126 Å². The highest BCUT2D eigenvalue weighted by atomic mass is 16.5. The molecule has 0 unspecified atom stereocenters. The number of hydrogen-bond donors (Lipinski definition) is 0. The second-order valence-corrected chi connectivity index (χ2v) is 8.54. The summed E-state index contributed by atoms with van der Waals surface area (Å²) in [5, 5.41) is 0. The lowest BCUT2D eigenvalue weighted by atomic mass is 9.92. The first-order valence-corrected chi connectivity index (χ1v) is 11.7. The highest BCUT2D eigenvalue weighted by molar-refractivity contribution is 5.96. The first-order chi connectivity index (χ1) is 17.2. The third-order valence-corrected chi connectivity index (χ3v) is 6.51. The molecule has 5 rings (SSSR count). The van der Waals surface area contributed by atoms with Gasteiger partial charge in [-0.1, -0.05) is 72.8 Å². The van der Waals surface area contributed by atoms with E-state index in [1.165, 1.54) is 0 Å². The van der Waals surface area contributed by atoms with E-state index in [4.69, 9.17) is 9.47 Å². The van der Waals surface area contributed by atoms with Crippen LogP contribution in [0.15, 0.2) is 109 Å². The fourth-order valence-corrected chi connectivity index (χ4v) is 4.79. The summed E-state index contributed by atoms with van der Waals surface area (Å²) in [7, 11) is 3.30. The Morgan fingerprint density at radius 1 is 0.629 bits per heavy atom. The third-order valence-electron chi connectivity index (χ3n) is 6.51. The Morgan fingerprint density at radius 3 is 1.71 bits per heavy atom. The lowest BCUT2D eigenvalue weighted by molar-refractivity contribution is 0.199. The zero-order valence-electron chi connectivity index (χ0n) is 19.9. The molecule has 0 bridgehead atoms. The number of benzene rings is 4. The van der Waals surface area contributed by atoms with E-state index < -0.39 is 0 Å². The number of nitrogens with zero attached hydrogens (tertiary/aromatic N) is 2. The van der Waals surface area contributed by atoms with Crippen molar-refractivity contribution in [2.24, 2.45) is 0 Å². The van der Waals surface area contributed by atoms with Crippen LogP contribution in [0.4, 0.5) is 10.5 Å². The number of amides is 2. The van der Waals surface area contributed by atoms with E-state index >= 15 is 0 Å². The van der Waals surface area contributed by atoms with Gasteiger partial charge in [0.15, 0.2) is 0 Å². The van der Waals surface area contributed by atoms with Crippen LogP contribution in [0.25, 0.3) is 0 Å². The minimum Gasteiger partial charge on any atom is -0.497 e. The Morgan fingerprint density at radius 2 is 1.14 bits per heavy atom. The Labute approximate surface area is 206 Å². The molecule has 0 aliphatic carbocycles. The van der Waals surface area contributed by atoms with Gasteiger partial charge in [-0.25, -0.2) is 4.79 Å². The second kappa shape index (κ2) is 9.94. The maximum absolute atomic E-state index is 14.2. The molecular weight excluding hydrogens is 436 g/mol. The van der Waals surface area contributed by atoms with Crippen molar-refractivity contribution < 1.29 is 14.3 Å². The van der Waals surface area contributed by atoms with E-state index in [1.807, 2.05) is 82.6 Å². The Kier molecular flexibility index (Phi) is 6.40. The zero-order valence-corrected chi connectivity index (χ0v) is 19.9. The predicted molar refractivity (Wildman–Crippen MR) is 138 cm³/mol. The lowest BCUT2D eigenvalue weighted by Crippen LogP contribution is -2.32. The van der Waals surface area contributed by atoms with Crippen LogP contribution in [0, 0.1) is 0 Å². The molecular formula is C30H28N2O3. The smallest absolute Gasteiger partial charge is 0.326 e. The van der Waals surface area contributed by atoms with Crippen LogP contribution >= 0.6 is 0 Å². The zero-order chi connectivity index (χ0) is 24.2. The van der Waals surface area contributed by atoms with E-state index in [9.17, 15) is 4.79 Å². The SMILES string of the molecule is COc1ccc([C@H]2[C@H](c3ccccc3)N(Cc3ccccc3)C(=O)N2c2ccc(OC)cc2)cc1. The molecule has 2 atom stereocenters. The van der Waals surface area contributed by atoms with Gasteiger partial charge in [-0.3, -0.25) is 4.90 Å². The van der Waals surface area contributed by atoms with Crippen molar-refractivity contribution in [3.8, 4) is 11.5 Å². The van der Waals surface area contributed by atoms with Crippen LogP contribution in [0.2, 0.25) is 0 Å². The van der Waals surface area contributed by atoms with Crippen LogP contribution < -0.4 is 14.4 Å². The van der Waals surface area contributed by atoms with Crippen molar-refractivity contribution in [1.82, 2.24) is 4.90 Å². The van der Waals surface area contributed by atoms with Crippen molar-refractivity contribution in [3.63, 3.8) is 0 Å². The Bertz CT molecular complexity index is 1260. The molecule has 2 amide bonds. The molecule has 0 aromatic heterocycles. The Hall–Kier alpha value is -4.25. The van der Waals surface area contributed by atoms with Crippen molar-refractivity contribution >= 4 is 11.7 Å². The van der Waals surface area contributed by atoms with Gasteiger partial charge in [0, 0.05) is 12.2 Å². The third kappa shape index (κ3) is 4.45. The predicted octanol–water partition coefficient (Wildman–Crippen LogP) is 6.63. The summed E-state index contributed by atoms with van der Waals surface area (Å²) in [5.74, 6) is 1.54. The fourth-order valence-electron chi connectivity index (χ4n) is 4.79. The Balaban J connectivity index is 1.66. The van der Waals surface area contributed by atoms with Crippen LogP contribution in [-0.2, 0) is 6.54 Å². The normalized spacial score (nSPS) is 17.5. The molecule has 1 aliphatic heterocycles. The molecule has 5 nitrogen and oxygen atoms in total. The molecule has 35 heavy (non-hydrogen) atoms. The highest BCUT2D eigenvalue weighted by Crippen LogP contribution is 2.48. The number of carbonyl (C=O) groups excluding carboxylic acids is 1. The molecule has 1 aliphatic rings. The van der Waals surface area contributed by atoms with Gasteiger partial charge in [0.25, 0.3) is 0 Å². The van der Waals surface area contributed by atoms with Gasteiger partial charge < -0.3 is 14.4 Å². The molecule has 176 valence electrons. The topological polar surface area (TPSA) is 42.0 Å². The van der Waals surface area contributed by atoms with E-state index in [1.54, 1.807) is 14.2 Å². The minimum absolute atomic E-state index is 0.0336. The van der Waals surface area contributed by atoms with Crippen LogP contribution in [0.5, 0.6) is 11.5 Å². The van der Waals surface area contributed by atoms with Gasteiger partial charge in [-0.2, -0.15) is 0 Å². The van der Waals surface area contributed by atoms with E-state index in [2.05, 4.69) is 36.4 Å². The van der Waals surface area contributed by atoms with E-state index in [-0.39, 0.29) is 18.1 Å². The summed E-state index contributed by atoms with van der Waals surface area (Å²) in [6.07, 6.45) is 0. The summed E-state index contributed by atoms with van der Waals surface area (Å²) in [4.78, 5) is 18.0. The average Bonchev–Trinajstić information content (AvgIpc) is 3.21. The maximum atomic E-state index is 14.2. The molecule has 1 fully saturated rings. The molecule has 5 heteroatoms. The minimum atomic E-state index is -0.229. The van der Waals surface area contributed by atoms with Crippen LogP contribution in [0.1, 0.15) is 28.8 Å². The van der Waals surface area contributed by atoms with Gasteiger partial charge >= 0.3 is 6.03 Å². The molecule has 0 N–H and O–H groups in total. The summed E-state index contributed by atoms with van der Waals surface area (Å²) < 4.78 is 10.8. The van der Waals surface area contributed by atoms with Crippen molar-refractivity contribution in [1.29, 1.82) is 0 Å². The van der Waals surface area contributed by atoms with Crippen LogP contribution in [0.3, 0.4) is 0 Å². The number of carbonyl (C=O) groups is 1. The summed E-state index contributed by atoms with van der Waals surface area (Å²) in [5.41, 5.74) is 4.05.